The number of anilines is 2. The maximum absolute atomic E-state index is 13.3. The Labute approximate surface area is 211 Å². The van der Waals surface area contributed by atoms with Gasteiger partial charge >= 0.3 is 6.09 Å². The average molecular weight is 509 g/mol. The molecule has 10 heteroatoms. The second-order valence-electron chi connectivity index (χ2n) is 9.14. The molecule has 0 aliphatic carbocycles. The number of hydrogen-bond acceptors (Lipinski definition) is 7. The fraction of sp³-hybridized carbons (Fsp3) is 0.269. The van der Waals surface area contributed by atoms with Crippen LogP contribution in [0.1, 0.15) is 20.8 Å². The first-order valence-electron chi connectivity index (χ1n) is 10.9. The highest BCUT2D eigenvalue weighted by Gasteiger charge is 2.28. The van der Waals surface area contributed by atoms with Crippen molar-refractivity contribution in [1.29, 1.82) is 5.26 Å². The van der Waals surface area contributed by atoms with E-state index in [1.54, 1.807) is 39.0 Å². The summed E-state index contributed by atoms with van der Waals surface area (Å²) in [6, 6.07) is 14.5. The summed E-state index contributed by atoms with van der Waals surface area (Å²) in [7, 11) is -1.93. The van der Waals surface area contributed by atoms with Gasteiger partial charge < -0.3 is 9.47 Å². The van der Waals surface area contributed by atoms with Crippen molar-refractivity contribution in [3.63, 3.8) is 0 Å². The van der Waals surface area contributed by atoms with Crippen LogP contribution < -0.4 is 14.4 Å². The summed E-state index contributed by atoms with van der Waals surface area (Å²) in [6.07, 6.45) is 1.84. The van der Waals surface area contributed by atoms with Gasteiger partial charge in [0.25, 0.3) is 0 Å². The number of amides is 1. The highest BCUT2D eigenvalue weighted by Crippen LogP contribution is 2.39. The van der Waals surface area contributed by atoms with E-state index >= 15 is 0 Å². The minimum absolute atomic E-state index is 0.0881. The van der Waals surface area contributed by atoms with E-state index in [4.69, 9.17) is 9.47 Å². The summed E-state index contributed by atoms with van der Waals surface area (Å²) < 4.78 is 36.6. The summed E-state index contributed by atoms with van der Waals surface area (Å²) in [5.41, 5.74) is 1.50. The maximum atomic E-state index is 13.3. The molecular formula is C26H28N4O5S. The van der Waals surface area contributed by atoms with Crippen molar-refractivity contribution < 1.29 is 22.7 Å². The number of fused-ring (bicyclic) bond motifs is 1. The van der Waals surface area contributed by atoms with Crippen molar-refractivity contribution >= 4 is 38.3 Å². The Bertz CT molecular complexity index is 1450. The lowest BCUT2D eigenvalue weighted by Crippen LogP contribution is -2.38. The zero-order valence-electron chi connectivity index (χ0n) is 20.8. The summed E-state index contributed by atoms with van der Waals surface area (Å²) in [5, 5.41) is 10.9. The van der Waals surface area contributed by atoms with Gasteiger partial charge in [-0.1, -0.05) is 24.8 Å². The molecule has 0 spiro atoms. The molecule has 2 aromatic carbocycles. The number of carbonyl (C=O) groups excluding carboxylic acids is 1. The molecule has 0 aliphatic heterocycles. The monoisotopic (exact) mass is 508 g/mol. The number of pyridine rings is 1. The molecule has 3 rings (SSSR count). The first kappa shape index (κ1) is 26.5. The molecule has 0 atom stereocenters. The summed E-state index contributed by atoms with van der Waals surface area (Å²) in [5.74, 6) is 0.414. The van der Waals surface area contributed by atoms with E-state index in [2.05, 4.69) is 16.3 Å². The molecule has 188 valence electrons. The molecule has 36 heavy (non-hydrogen) atoms. The smallest absolute Gasteiger partial charge is 0.415 e. The number of nitrogens with zero attached hydrogens (tertiary/aromatic N) is 3. The number of ether oxygens (including phenoxy) is 2. The molecule has 0 saturated heterocycles. The number of carbonyl (C=O) groups is 1. The van der Waals surface area contributed by atoms with Crippen LogP contribution in [0.4, 0.5) is 16.2 Å². The third-order valence-electron chi connectivity index (χ3n) is 4.93. The van der Waals surface area contributed by atoms with E-state index in [0.29, 0.717) is 28.2 Å². The molecule has 0 saturated carbocycles. The van der Waals surface area contributed by atoms with Crippen molar-refractivity contribution in [1.82, 2.24) is 4.98 Å². The second-order valence-corrected chi connectivity index (χ2v) is 10.9. The van der Waals surface area contributed by atoms with E-state index < -0.39 is 21.7 Å². The molecular weight excluding hydrogens is 480 g/mol. The van der Waals surface area contributed by atoms with Crippen molar-refractivity contribution in [3.05, 3.63) is 60.8 Å². The largest absolute Gasteiger partial charge is 0.495 e. The molecule has 1 amide bonds. The highest BCUT2D eigenvalue weighted by atomic mass is 32.2. The Morgan fingerprint density at radius 1 is 1.19 bits per heavy atom. The van der Waals surface area contributed by atoms with Crippen LogP contribution in [0.15, 0.2) is 60.8 Å². The van der Waals surface area contributed by atoms with Gasteiger partial charge in [0.15, 0.2) is 0 Å². The molecule has 0 radical (unpaired) electrons. The van der Waals surface area contributed by atoms with Gasteiger partial charge in [-0.2, -0.15) is 5.26 Å². The molecule has 0 bridgehead atoms. The van der Waals surface area contributed by atoms with Gasteiger partial charge in [-0.05, 0) is 50.4 Å². The molecule has 1 heterocycles. The predicted molar refractivity (Wildman–Crippen MR) is 141 cm³/mol. The number of nitriles is 1. The Morgan fingerprint density at radius 3 is 2.44 bits per heavy atom. The Morgan fingerprint density at radius 2 is 1.89 bits per heavy atom. The number of methoxy groups -OCH3 is 1. The number of rotatable bonds is 7. The van der Waals surface area contributed by atoms with Crippen LogP contribution in [0.25, 0.3) is 22.0 Å². The van der Waals surface area contributed by atoms with Crippen LogP contribution in [0.2, 0.25) is 0 Å². The van der Waals surface area contributed by atoms with E-state index in [1.165, 1.54) is 18.2 Å². The number of nitrogens with one attached hydrogen (secondary N) is 1. The normalized spacial score (nSPS) is 11.4. The fourth-order valence-electron chi connectivity index (χ4n) is 3.50. The zero-order valence-corrected chi connectivity index (χ0v) is 21.6. The van der Waals surface area contributed by atoms with Crippen LogP contribution in [0.5, 0.6) is 5.75 Å². The number of hydrogen-bond donors (Lipinski definition) is 1. The third-order valence-corrected chi connectivity index (χ3v) is 5.54. The number of aromatic nitrogens is 1. The first-order valence-corrected chi connectivity index (χ1v) is 12.8. The van der Waals surface area contributed by atoms with E-state index in [1.807, 2.05) is 30.3 Å². The molecule has 3 aromatic rings. The Balaban J connectivity index is 2.17. The van der Waals surface area contributed by atoms with Gasteiger partial charge in [-0.15, -0.1) is 0 Å². The zero-order chi connectivity index (χ0) is 26.7. The fourth-order valence-corrected chi connectivity index (χ4v) is 4.05. The lowest BCUT2D eigenvalue weighted by atomic mass is 10.0. The first-order chi connectivity index (χ1) is 16.8. The Hall–Kier alpha value is -4.10. The predicted octanol–water partition coefficient (Wildman–Crippen LogP) is 5.10. The van der Waals surface area contributed by atoms with E-state index in [-0.39, 0.29) is 12.1 Å². The minimum atomic E-state index is -3.42. The van der Waals surface area contributed by atoms with E-state index in [0.717, 1.165) is 17.2 Å². The summed E-state index contributed by atoms with van der Waals surface area (Å²) in [6.45, 7) is 8.93. The lowest BCUT2D eigenvalue weighted by Gasteiger charge is -2.29. The van der Waals surface area contributed by atoms with Crippen LogP contribution in [-0.4, -0.2) is 45.0 Å². The molecule has 1 aromatic heterocycles. The molecule has 9 nitrogen and oxygen atoms in total. The van der Waals surface area contributed by atoms with Gasteiger partial charge in [0.05, 0.1) is 49.2 Å². The van der Waals surface area contributed by atoms with Gasteiger partial charge in [-0.3, -0.25) is 14.6 Å². The van der Waals surface area contributed by atoms with Crippen LogP contribution in [-0.2, 0) is 14.8 Å². The molecule has 0 unspecified atom stereocenters. The van der Waals surface area contributed by atoms with Gasteiger partial charge in [0.2, 0.25) is 10.0 Å². The SMILES string of the molecule is C=C(C#N)CN(C(=O)OC(C)(C)C)c1c(OC)ccc2ccc(-c3ccc(NS(C)(=O)=O)cn3)cc12. The summed E-state index contributed by atoms with van der Waals surface area (Å²) in [4.78, 5) is 19.0. The van der Waals surface area contributed by atoms with Gasteiger partial charge in [0, 0.05) is 16.5 Å². The molecule has 0 fully saturated rings. The maximum Gasteiger partial charge on any atom is 0.415 e. The van der Waals surface area contributed by atoms with Crippen molar-refractivity contribution in [2.75, 3.05) is 29.5 Å². The van der Waals surface area contributed by atoms with Crippen LogP contribution >= 0.6 is 0 Å². The standard InChI is InChI=1S/C26H28N4O5S/c1-17(14-27)16-30(25(31)35-26(2,3)4)24-21-13-19(8-7-18(21)9-12-23(24)34-5)22-11-10-20(15-28-22)29-36(6,32)33/h7-13,15,29H,1,16H2,2-6H3. The van der Waals surface area contributed by atoms with Crippen molar-refractivity contribution in [3.8, 4) is 23.1 Å². The van der Waals surface area contributed by atoms with Crippen LogP contribution in [0.3, 0.4) is 0 Å². The van der Waals surface area contributed by atoms with E-state index in [9.17, 15) is 18.5 Å². The molecule has 0 aliphatic rings. The Kier molecular flexibility index (Phi) is 7.55. The number of sulfonamides is 1. The molecule has 1 N–H and O–H groups in total. The van der Waals surface area contributed by atoms with Crippen molar-refractivity contribution in [2.45, 2.75) is 26.4 Å². The topological polar surface area (TPSA) is 122 Å². The lowest BCUT2D eigenvalue weighted by molar-refractivity contribution is 0.0583. The average Bonchev–Trinajstić information content (AvgIpc) is 2.79. The summed E-state index contributed by atoms with van der Waals surface area (Å²) >= 11 is 0. The third kappa shape index (κ3) is 6.52. The number of benzene rings is 2. The second kappa shape index (κ2) is 10.3. The van der Waals surface area contributed by atoms with Gasteiger partial charge in [0.1, 0.15) is 11.4 Å². The van der Waals surface area contributed by atoms with Gasteiger partial charge in [-0.25, -0.2) is 13.2 Å². The quantitative estimate of drug-likeness (QED) is 0.441. The van der Waals surface area contributed by atoms with Crippen molar-refractivity contribution in [2.24, 2.45) is 0 Å². The minimum Gasteiger partial charge on any atom is -0.495 e. The van der Waals surface area contributed by atoms with Crippen LogP contribution in [0, 0.1) is 11.3 Å². The highest BCUT2D eigenvalue weighted by molar-refractivity contribution is 7.92.